The number of aliphatic hydroxyl groups is 1. The molecular formula is C27H34N4O2. The lowest BCUT2D eigenvalue weighted by molar-refractivity contribution is -0.115. The van der Waals surface area contributed by atoms with E-state index in [4.69, 9.17) is 0 Å². The van der Waals surface area contributed by atoms with Gasteiger partial charge in [0.15, 0.2) is 0 Å². The van der Waals surface area contributed by atoms with Crippen molar-refractivity contribution in [3.63, 3.8) is 0 Å². The van der Waals surface area contributed by atoms with E-state index in [1.165, 1.54) is 38.5 Å². The minimum absolute atomic E-state index is 0.0472. The van der Waals surface area contributed by atoms with E-state index < -0.39 is 0 Å². The van der Waals surface area contributed by atoms with Crippen LogP contribution in [-0.2, 0) is 13.0 Å². The molecule has 4 fully saturated rings. The molecule has 4 aliphatic carbocycles. The van der Waals surface area contributed by atoms with Crippen LogP contribution in [0.1, 0.15) is 65.7 Å². The number of aryl methyl sites for hydroxylation is 1. The monoisotopic (exact) mass is 446 g/mol. The normalized spacial score (nSPS) is 30.7. The third-order valence-corrected chi connectivity index (χ3v) is 8.85. The molecule has 33 heavy (non-hydrogen) atoms. The molecule has 1 unspecified atom stereocenters. The summed E-state index contributed by atoms with van der Waals surface area (Å²) < 4.78 is 0. The van der Waals surface area contributed by atoms with Gasteiger partial charge in [0, 0.05) is 24.2 Å². The van der Waals surface area contributed by atoms with Gasteiger partial charge in [0.05, 0.1) is 18.3 Å². The average Bonchev–Trinajstić information content (AvgIpc) is 2.81. The van der Waals surface area contributed by atoms with Crippen molar-refractivity contribution in [2.24, 2.45) is 23.2 Å². The van der Waals surface area contributed by atoms with E-state index in [9.17, 15) is 9.90 Å². The molecule has 0 spiro atoms. The zero-order chi connectivity index (χ0) is 22.6. The third-order valence-electron chi connectivity index (χ3n) is 8.85. The van der Waals surface area contributed by atoms with Crippen LogP contribution in [0.3, 0.4) is 0 Å². The highest BCUT2D eigenvalue weighted by molar-refractivity contribution is 5.94. The molecule has 2 aromatic rings. The largest absolute Gasteiger partial charge is 0.391 e. The van der Waals surface area contributed by atoms with Crippen LogP contribution in [0.15, 0.2) is 30.6 Å². The van der Waals surface area contributed by atoms with Crippen molar-refractivity contribution in [3.8, 4) is 0 Å². The van der Waals surface area contributed by atoms with Gasteiger partial charge in [-0.1, -0.05) is 17.7 Å². The number of nitrogens with zero attached hydrogens (tertiary/aromatic N) is 3. The maximum atomic E-state index is 13.0. The van der Waals surface area contributed by atoms with Gasteiger partial charge in [0.25, 0.3) is 5.91 Å². The maximum absolute atomic E-state index is 13.0. The van der Waals surface area contributed by atoms with Crippen LogP contribution in [0, 0.1) is 30.1 Å². The molecule has 4 saturated carbocycles. The topological polar surface area (TPSA) is 78.4 Å². The number of benzene rings is 1. The first kappa shape index (κ1) is 21.1. The first-order chi connectivity index (χ1) is 16.0. The van der Waals surface area contributed by atoms with E-state index in [0.717, 1.165) is 52.4 Å². The summed E-state index contributed by atoms with van der Waals surface area (Å²) in [5.74, 6) is 3.36. The van der Waals surface area contributed by atoms with Gasteiger partial charge in [-0.05, 0) is 87.2 Å². The number of hydrogen-bond acceptors (Lipinski definition) is 5. The van der Waals surface area contributed by atoms with Crippen LogP contribution >= 0.6 is 0 Å². The molecule has 1 aromatic heterocycles. The van der Waals surface area contributed by atoms with Crippen LogP contribution in [0.4, 0.5) is 5.82 Å². The van der Waals surface area contributed by atoms with Gasteiger partial charge in [0.2, 0.25) is 0 Å². The smallest absolute Gasteiger partial charge is 0.254 e. The van der Waals surface area contributed by atoms with Gasteiger partial charge in [-0.2, -0.15) is 0 Å². The van der Waals surface area contributed by atoms with Crippen LogP contribution < -0.4 is 5.32 Å². The number of fused-ring (bicyclic) bond motifs is 1. The number of anilines is 1. The Morgan fingerprint density at radius 3 is 2.45 bits per heavy atom. The first-order valence-corrected chi connectivity index (χ1v) is 12.6. The van der Waals surface area contributed by atoms with Gasteiger partial charge in [-0.25, -0.2) is 9.97 Å². The summed E-state index contributed by atoms with van der Waals surface area (Å²) in [7, 11) is 0. The molecule has 7 rings (SSSR count). The molecule has 2 N–H and O–H groups in total. The van der Waals surface area contributed by atoms with E-state index in [0.29, 0.717) is 19.6 Å². The summed E-state index contributed by atoms with van der Waals surface area (Å²) in [5.41, 5.74) is 3.96. The summed E-state index contributed by atoms with van der Waals surface area (Å²) in [6, 6.07) is 7.74. The second-order valence-electron chi connectivity index (χ2n) is 11.2. The predicted molar refractivity (Wildman–Crippen MR) is 127 cm³/mol. The summed E-state index contributed by atoms with van der Waals surface area (Å²) in [6.07, 6.45) is 9.71. The van der Waals surface area contributed by atoms with Crippen LogP contribution in [0.5, 0.6) is 0 Å². The Kier molecular flexibility index (Phi) is 5.17. The molecule has 4 bridgehead atoms. The van der Waals surface area contributed by atoms with Gasteiger partial charge >= 0.3 is 0 Å². The SMILES string of the molecule is Cc1ccc(C(=O)N2CCc3c(ncnc3NCC(O)C34CC5CC(CC(C5)C3)C4)C2)cc1. The van der Waals surface area contributed by atoms with Crippen molar-refractivity contribution in [2.75, 3.05) is 18.4 Å². The van der Waals surface area contributed by atoms with Crippen LogP contribution in [-0.4, -0.2) is 45.1 Å². The molecule has 1 aliphatic heterocycles. The Labute approximate surface area is 195 Å². The minimum Gasteiger partial charge on any atom is -0.391 e. The lowest BCUT2D eigenvalue weighted by Crippen LogP contribution is -2.53. The van der Waals surface area contributed by atoms with E-state index in [1.807, 2.05) is 36.1 Å². The van der Waals surface area contributed by atoms with Gasteiger partial charge < -0.3 is 15.3 Å². The number of nitrogens with one attached hydrogen (secondary N) is 1. The molecule has 6 nitrogen and oxygen atoms in total. The van der Waals surface area contributed by atoms with E-state index in [1.54, 1.807) is 6.33 Å². The third kappa shape index (κ3) is 3.82. The lowest BCUT2D eigenvalue weighted by atomic mass is 9.48. The minimum atomic E-state index is -0.334. The zero-order valence-electron chi connectivity index (χ0n) is 19.5. The summed E-state index contributed by atoms with van der Waals surface area (Å²) in [4.78, 5) is 23.8. The molecule has 6 heteroatoms. The van der Waals surface area contributed by atoms with E-state index in [-0.39, 0.29) is 17.4 Å². The molecule has 2 heterocycles. The second-order valence-corrected chi connectivity index (χ2v) is 11.2. The summed E-state index contributed by atoms with van der Waals surface area (Å²) in [5, 5.41) is 14.8. The number of amides is 1. The standard InChI is InChI=1S/C27H34N4O2/c1-17-2-4-21(5-3-17)26(33)31-7-6-22-23(15-31)29-16-30-25(22)28-14-24(32)27-11-18-8-19(12-27)10-20(9-18)13-27/h2-5,16,18-20,24,32H,6-15H2,1H3,(H,28,29,30). The quantitative estimate of drug-likeness (QED) is 0.727. The molecule has 0 radical (unpaired) electrons. The van der Waals surface area contributed by atoms with E-state index in [2.05, 4.69) is 15.3 Å². The molecule has 0 saturated heterocycles. The Morgan fingerprint density at radius 2 is 1.79 bits per heavy atom. The lowest BCUT2D eigenvalue weighted by Gasteiger charge is -2.58. The van der Waals surface area contributed by atoms with Gasteiger partial charge in [0.1, 0.15) is 12.1 Å². The first-order valence-electron chi connectivity index (χ1n) is 12.6. The van der Waals surface area contributed by atoms with Crippen molar-refractivity contribution in [1.82, 2.24) is 14.9 Å². The highest BCUT2D eigenvalue weighted by Gasteiger charge is 2.53. The second kappa shape index (κ2) is 8.08. The molecule has 1 atom stereocenters. The highest BCUT2D eigenvalue weighted by Crippen LogP contribution is 2.61. The van der Waals surface area contributed by atoms with E-state index >= 15 is 0 Å². The fourth-order valence-corrected chi connectivity index (χ4v) is 7.55. The van der Waals surface area contributed by atoms with Gasteiger partial charge in [-0.3, -0.25) is 4.79 Å². The van der Waals surface area contributed by atoms with Crippen molar-refractivity contribution in [1.29, 1.82) is 0 Å². The molecule has 1 aromatic carbocycles. The highest BCUT2D eigenvalue weighted by atomic mass is 16.3. The van der Waals surface area contributed by atoms with Crippen molar-refractivity contribution >= 4 is 11.7 Å². The molecule has 1 amide bonds. The zero-order valence-corrected chi connectivity index (χ0v) is 19.5. The summed E-state index contributed by atoms with van der Waals surface area (Å²) in [6.45, 7) is 3.72. The number of carbonyl (C=O) groups is 1. The van der Waals surface area contributed by atoms with Crippen molar-refractivity contribution in [2.45, 2.75) is 64.5 Å². The molecular weight excluding hydrogens is 412 g/mol. The number of carbonyl (C=O) groups excluding carboxylic acids is 1. The molecule has 5 aliphatic rings. The summed E-state index contributed by atoms with van der Waals surface area (Å²) >= 11 is 0. The Morgan fingerprint density at radius 1 is 1.12 bits per heavy atom. The van der Waals surface area contributed by atoms with Crippen LogP contribution in [0.25, 0.3) is 0 Å². The van der Waals surface area contributed by atoms with Crippen molar-refractivity contribution < 1.29 is 9.90 Å². The van der Waals surface area contributed by atoms with Crippen LogP contribution in [0.2, 0.25) is 0 Å². The fraction of sp³-hybridized carbons (Fsp3) is 0.593. The fourth-order valence-electron chi connectivity index (χ4n) is 7.55. The number of rotatable bonds is 5. The Balaban J connectivity index is 1.13. The molecule has 174 valence electrons. The predicted octanol–water partition coefficient (Wildman–Crippen LogP) is 3.97. The number of aromatic nitrogens is 2. The Bertz CT molecular complexity index is 1020. The van der Waals surface area contributed by atoms with Crippen molar-refractivity contribution in [3.05, 3.63) is 53.0 Å². The maximum Gasteiger partial charge on any atom is 0.254 e. The number of aliphatic hydroxyl groups excluding tert-OH is 1. The number of hydrogen-bond donors (Lipinski definition) is 2. The average molecular weight is 447 g/mol. The Hall–Kier alpha value is -2.47. The van der Waals surface area contributed by atoms with Gasteiger partial charge in [-0.15, -0.1) is 0 Å².